The van der Waals surface area contributed by atoms with Crippen molar-refractivity contribution in [2.24, 2.45) is 7.05 Å². The average Bonchev–Trinajstić information content (AvgIpc) is 2.93. The fraction of sp³-hybridized carbons (Fsp3) is 0.222. The summed E-state index contributed by atoms with van der Waals surface area (Å²) in [7, 11) is 1.34. The quantitative estimate of drug-likeness (QED) is 0.800. The van der Waals surface area contributed by atoms with Gasteiger partial charge in [-0.3, -0.25) is 18.7 Å². The zero-order chi connectivity index (χ0) is 19.0. The molecular weight excluding hydrogens is 338 g/mol. The van der Waals surface area contributed by atoms with Crippen molar-refractivity contribution in [1.82, 2.24) is 9.13 Å². The second kappa shape index (κ2) is 6.47. The first kappa shape index (κ1) is 17.4. The van der Waals surface area contributed by atoms with Crippen molar-refractivity contribution < 1.29 is 14.7 Å². The molecule has 2 heterocycles. The Kier molecular flexibility index (Phi) is 4.33. The number of hydrogen-bond donors (Lipinski definition) is 2. The van der Waals surface area contributed by atoms with Crippen LogP contribution in [0.4, 0.5) is 5.82 Å². The number of aromatic carboxylic acids is 1. The maximum atomic E-state index is 12.7. The van der Waals surface area contributed by atoms with E-state index in [1.165, 1.54) is 29.8 Å². The van der Waals surface area contributed by atoms with Crippen molar-refractivity contribution in [2.75, 3.05) is 5.32 Å². The fourth-order valence-electron chi connectivity index (χ4n) is 2.84. The second-order valence-corrected chi connectivity index (χ2v) is 5.96. The van der Waals surface area contributed by atoms with Gasteiger partial charge in [-0.15, -0.1) is 0 Å². The summed E-state index contributed by atoms with van der Waals surface area (Å²) >= 11 is 0. The highest BCUT2D eigenvalue weighted by molar-refractivity contribution is 6.19. The van der Waals surface area contributed by atoms with Crippen LogP contribution in [0.15, 0.2) is 39.6 Å². The Balaban J connectivity index is 2.08. The molecule has 0 saturated heterocycles. The van der Waals surface area contributed by atoms with Crippen LogP contribution < -0.4 is 16.6 Å². The maximum Gasteiger partial charge on any atom is 0.335 e. The molecule has 8 heteroatoms. The zero-order valence-electron chi connectivity index (χ0n) is 14.3. The SMILES string of the molecule is CCCn1c2c(c(=O)n(C)c1=O)C(=O)/C(=C/c1ccc(C(=O)O)cc1)N2. The van der Waals surface area contributed by atoms with Crippen molar-refractivity contribution in [3.8, 4) is 0 Å². The minimum Gasteiger partial charge on any atom is -0.478 e. The number of aromatic nitrogens is 2. The Bertz CT molecular complexity index is 1060. The third-order valence-electron chi connectivity index (χ3n) is 4.18. The molecule has 2 N–H and O–H groups in total. The number of allylic oxidation sites excluding steroid dienone is 1. The molecule has 1 aromatic carbocycles. The van der Waals surface area contributed by atoms with Gasteiger partial charge in [-0.05, 0) is 30.2 Å². The van der Waals surface area contributed by atoms with E-state index in [2.05, 4.69) is 5.32 Å². The number of carbonyl (C=O) groups excluding carboxylic acids is 1. The van der Waals surface area contributed by atoms with E-state index in [0.717, 1.165) is 4.57 Å². The number of carboxylic acids is 1. The smallest absolute Gasteiger partial charge is 0.335 e. The van der Waals surface area contributed by atoms with Gasteiger partial charge in [-0.25, -0.2) is 9.59 Å². The van der Waals surface area contributed by atoms with E-state index in [0.29, 0.717) is 18.5 Å². The molecule has 1 aromatic heterocycles. The van der Waals surface area contributed by atoms with E-state index in [1.54, 1.807) is 12.1 Å². The Morgan fingerprint density at radius 1 is 1.19 bits per heavy atom. The van der Waals surface area contributed by atoms with Crippen molar-refractivity contribution in [1.29, 1.82) is 0 Å². The monoisotopic (exact) mass is 355 g/mol. The van der Waals surface area contributed by atoms with Crippen LogP contribution in [0.1, 0.15) is 39.6 Å². The van der Waals surface area contributed by atoms with Crippen LogP contribution in [0, 0.1) is 0 Å². The molecule has 2 aromatic rings. The highest BCUT2D eigenvalue weighted by atomic mass is 16.4. The van der Waals surface area contributed by atoms with Gasteiger partial charge >= 0.3 is 11.7 Å². The summed E-state index contributed by atoms with van der Waals surface area (Å²) in [5, 5.41) is 11.8. The molecule has 0 radical (unpaired) electrons. The van der Waals surface area contributed by atoms with E-state index in [1.807, 2.05) is 6.92 Å². The maximum absolute atomic E-state index is 12.7. The van der Waals surface area contributed by atoms with Gasteiger partial charge in [0.2, 0.25) is 5.78 Å². The van der Waals surface area contributed by atoms with Gasteiger partial charge in [0.1, 0.15) is 11.4 Å². The van der Waals surface area contributed by atoms with E-state index in [-0.39, 0.29) is 22.6 Å². The van der Waals surface area contributed by atoms with E-state index < -0.39 is 23.0 Å². The number of hydrogen-bond acceptors (Lipinski definition) is 5. The normalized spacial score (nSPS) is 14.4. The first-order valence-electron chi connectivity index (χ1n) is 8.05. The predicted molar refractivity (Wildman–Crippen MR) is 95.6 cm³/mol. The number of anilines is 1. The van der Waals surface area contributed by atoms with Crippen molar-refractivity contribution in [2.45, 2.75) is 19.9 Å². The van der Waals surface area contributed by atoms with Gasteiger partial charge < -0.3 is 10.4 Å². The fourth-order valence-corrected chi connectivity index (χ4v) is 2.84. The van der Waals surface area contributed by atoms with Gasteiger partial charge in [0, 0.05) is 13.6 Å². The number of fused-ring (bicyclic) bond motifs is 1. The molecule has 0 bridgehead atoms. The van der Waals surface area contributed by atoms with Gasteiger partial charge in [0.05, 0.1) is 11.3 Å². The minimum absolute atomic E-state index is 0.0612. The van der Waals surface area contributed by atoms with Crippen LogP contribution in [0.5, 0.6) is 0 Å². The summed E-state index contributed by atoms with van der Waals surface area (Å²) in [6, 6.07) is 5.97. The Morgan fingerprint density at radius 3 is 2.42 bits per heavy atom. The molecule has 8 nitrogen and oxygen atoms in total. The molecule has 0 unspecified atom stereocenters. The molecule has 26 heavy (non-hydrogen) atoms. The highest BCUT2D eigenvalue weighted by Gasteiger charge is 2.32. The molecule has 0 atom stereocenters. The van der Waals surface area contributed by atoms with Gasteiger partial charge in [-0.2, -0.15) is 0 Å². The molecule has 0 aliphatic carbocycles. The Labute approximate surface area is 148 Å². The van der Waals surface area contributed by atoms with Crippen LogP contribution in [0.3, 0.4) is 0 Å². The van der Waals surface area contributed by atoms with Gasteiger partial charge in [0.25, 0.3) is 5.56 Å². The minimum atomic E-state index is -1.04. The lowest BCUT2D eigenvalue weighted by Crippen LogP contribution is -2.40. The zero-order valence-corrected chi connectivity index (χ0v) is 14.3. The van der Waals surface area contributed by atoms with Crippen LogP contribution in [0.2, 0.25) is 0 Å². The van der Waals surface area contributed by atoms with Crippen molar-refractivity contribution in [3.63, 3.8) is 0 Å². The summed E-state index contributed by atoms with van der Waals surface area (Å²) in [5.74, 6) is -1.33. The van der Waals surface area contributed by atoms with E-state index in [9.17, 15) is 19.2 Å². The lowest BCUT2D eigenvalue weighted by atomic mass is 10.1. The number of nitrogens with zero attached hydrogens (tertiary/aromatic N) is 2. The molecule has 0 saturated carbocycles. The number of carbonyl (C=O) groups is 2. The van der Waals surface area contributed by atoms with Crippen LogP contribution in [-0.2, 0) is 13.6 Å². The summed E-state index contributed by atoms with van der Waals surface area (Å²) in [5.41, 5.74) is -0.293. The number of carboxylic acid groups (broad SMARTS) is 1. The summed E-state index contributed by atoms with van der Waals surface area (Å²) in [6.45, 7) is 2.26. The molecule has 1 aliphatic heterocycles. The second-order valence-electron chi connectivity index (χ2n) is 5.96. The average molecular weight is 355 g/mol. The molecule has 0 fully saturated rings. The lowest BCUT2D eigenvalue weighted by molar-refractivity contribution is 0.0696. The summed E-state index contributed by atoms with van der Waals surface area (Å²) in [4.78, 5) is 48.2. The lowest BCUT2D eigenvalue weighted by Gasteiger charge is -2.11. The standard InChI is InChI=1S/C18H17N3O5/c1-3-8-21-15-13(16(23)20(2)18(21)26)14(22)12(19-15)9-10-4-6-11(7-5-10)17(24)25/h4-7,9,19H,3,8H2,1-2H3,(H,24,25)/b12-9-. The first-order valence-corrected chi connectivity index (χ1v) is 8.05. The Hall–Kier alpha value is -3.42. The molecule has 0 spiro atoms. The summed E-state index contributed by atoms with van der Waals surface area (Å²) < 4.78 is 2.31. The third-order valence-corrected chi connectivity index (χ3v) is 4.18. The molecular formula is C18H17N3O5. The molecule has 1 aliphatic rings. The molecule has 0 amide bonds. The number of ketones is 1. The third kappa shape index (κ3) is 2.75. The number of benzene rings is 1. The number of Topliss-reactive ketones (excluding diaryl/α,β-unsaturated/α-hetero) is 1. The van der Waals surface area contributed by atoms with Crippen LogP contribution in [0.25, 0.3) is 6.08 Å². The summed E-state index contributed by atoms with van der Waals surface area (Å²) in [6.07, 6.45) is 2.18. The van der Waals surface area contributed by atoms with Crippen LogP contribution >= 0.6 is 0 Å². The molecule has 3 rings (SSSR count). The van der Waals surface area contributed by atoms with E-state index >= 15 is 0 Å². The molecule has 134 valence electrons. The highest BCUT2D eigenvalue weighted by Crippen LogP contribution is 2.25. The predicted octanol–water partition coefficient (Wildman–Crippen LogP) is 1.30. The van der Waals surface area contributed by atoms with Crippen LogP contribution in [-0.4, -0.2) is 26.0 Å². The van der Waals surface area contributed by atoms with Crippen molar-refractivity contribution >= 4 is 23.6 Å². The van der Waals surface area contributed by atoms with Crippen molar-refractivity contribution in [3.05, 3.63) is 67.5 Å². The van der Waals surface area contributed by atoms with Gasteiger partial charge in [0.15, 0.2) is 0 Å². The topological polar surface area (TPSA) is 110 Å². The number of rotatable bonds is 4. The number of nitrogens with one attached hydrogen (secondary N) is 1. The Morgan fingerprint density at radius 2 is 1.85 bits per heavy atom. The van der Waals surface area contributed by atoms with Gasteiger partial charge in [-0.1, -0.05) is 19.1 Å². The first-order chi connectivity index (χ1) is 12.3. The van der Waals surface area contributed by atoms with E-state index in [4.69, 9.17) is 5.11 Å². The largest absolute Gasteiger partial charge is 0.478 e.